The molecule has 0 saturated heterocycles. The van der Waals surface area contributed by atoms with Crippen molar-refractivity contribution < 1.29 is 18.7 Å². The van der Waals surface area contributed by atoms with Crippen LogP contribution in [-0.4, -0.2) is 32.3 Å². The molecule has 0 rings (SSSR count). The van der Waals surface area contributed by atoms with E-state index in [2.05, 4.69) is 9.05 Å². The second kappa shape index (κ2) is 12.9. The molecule has 0 spiro atoms. The monoisotopic (exact) mass is 184 g/mol. The van der Waals surface area contributed by atoms with Crippen molar-refractivity contribution in [1.29, 1.82) is 0 Å². The van der Waals surface area contributed by atoms with Gasteiger partial charge in [0.2, 0.25) is 0 Å². The fourth-order valence-corrected chi connectivity index (χ4v) is 0.428. The van der Waals surface area contributed by atoms with E-state index < -0.39 is 8.60 Å². The Hall–Kier alpha value is 0.270. The Morgan fingerprint density at radius 3 is 1.45 bits per heavy atom. The summed E-state index contributed by atoms with van der Waals surface area (Å²) in [4.78, 5) is 8.29. The van der Waals surface area contributed by atoms with Gasteiger partial charge >= 0.3 is 8.60 Å². The van der Waals surface area contributed by atoms with Gasteiger partial charge in [0.15, 0.2) is 0 Å². The summed E-state index contributed by atoms with van der Waals surface area (Å²) in [5.41, 5.74) is 0. The molecule has 0 aromatic heterocycles. The first-order valence-electron chi connectivity index (χ1n) is 3.37. The molecule has 0 aliphatic rings. The summed E-state index contributed by atoms with van der Waals surface area (Å²) in [6, 6.07) is 0. The van der Waals surface area contributed by atoms with E-state index in [0.29, 0.717) is 0 Å². The number of ether oxygens (including phenoxy) is 1. The molecule has 70 valence electrons. The maximum absolute atomic E-state index is 8.29. The minimum Gasteiger partial charge on any atom is -0.382 e. The largest absolute Gasteiger partial charge is 0.382 e. The average Bonchev–Trinajstić information content (AvgIpc) is 2.06. The van der Waals surface area contributed by atoms with Crippen LogP contribution in [0.3, 0.4) is 0 Å². The van der Waals surface area contributed by atoms with Gasteiger partial charge in [-0.2, -0.15) is 0 Å². The van der Waals surface area contributed by atoms with E-state index in [0.717, 1.165) is 13.2 Å². The Balaban J connectivity index is 0. The lowest BCUT2D eigenvalue weighted by molar-refractivity contribution is 0.162. The summed E-state index contributed by atoms with van der Waals surface area (Å²) in [5.74, 6) is 0. The van der Waals surface area contributed by atoms with Crippen LogP contribution in [0, 0.1) is 0 Å². The zero-order valence-corrected chi connectivity index (χ0v) is 8.43. The summed E-state index contributed by atoms with van der Waals surface area (Å²) in [7, 11) is 1.19. The summed E-state index contributed by atoms with van der Waals surface area (Å²) in [5, 5.41) is 0. The van der Waals surface area contributed by atoms with Crippen molar-refractivity contribution in [1.82, 2.24) is 0 Å². The third-order valence-electron chi connectivity index (χ3n) is 0.721. The molecule has 0 fully saturated rings. The van der Waals surface area contributed by atoms with Gasteiger partial charge in [-0.05, 0) is 13.8 Å². The van der Waals surface area contributed by atoms with Gasteiger partial charge in [0, 0.05) is 27.4 Å². The molecule has 0 aromatic rings. The summed E-state index contributed by atoms with van der Waals surface area (Å²) in [6.45, 7) is 5.67. The van der Waals surface area contributed by atoms with Crippen molar-refractivity contribution in [2.75, 3.05) is 27.4 Å². The minimum absolute atomic E-state index is 0.844. The van der Waals surface area contributed by atoms with Crippen molar-refractivity contribution in [2.24, 2.45) is 0 Å². The molecule has 0 bridgehead atoms. The number of hydrogen-bond donors (Lipinski definition) is 1. The lowest BCUT2D eigenvalue weighted by atomic mass is 10.8. The van der Waals surface area contributed by atoms with Crippen molar-refractivity contribution >= 4 is 8.60 Å². The highest BCUT2D eigenvalue weighted by Gasteiger charge is 1.94. The maximum Gasteiger partial charge on any atom is 0.329 e. The zero-order chi connectivity index (χ0) is 9.11. The molecule has 0 heterocycles. The predicted octanol–water partition coefficient (Wildman–Crippen LogP) is 1.54. The van der Waals surface area contributed by atoms with E-state index in [9.17, 15) is 0 Å². The lowest BCUT2D eigenvalue weighted by Crippen LogP contribution is -1.84. The first-order valence-corrected chi connectivity index (χ1v) is 4.50. The van der Waals surface area contributed by atoms with Crippen molar-refractivity contribution in [3.05, 3.63) is 0 Å². The molecule has 0 amide bonds. The van der Waals surface area contributed by atoms with Crippen LogP contribution >= 0.6 is 8.60 Å². The van der Waals surface area contributed by atoms with Crippen LogP contribution in [0.15, 0.2) is 0 Å². The smallest absolute Gasteiger partial charge is 0.329 e. The van der Waals surface area contributed by atoms with E-state index in [1.807, 2.05) is 13.8 Å². The summed E-state index contributed by atoms with van der Waals surface area (Å²) >= 11 is 0. The van der Waals surface area contributed by atoms with Crippen LogP contribution in [0.5, 0.6) is 0 Å². The quantitative estimate of drug-likeness (QED) is 0.673. The topological polar surface area (TPSA) is 47.9 Å². The molecule has 0 aromatic carbocycles. The molecule has 0 unspecified atom stereocenters. The van der Waals surface area contributed by atoms with Crippen LogP contribution < -0.4 is 0 Å². The standard InChI is InChI=1S/C4H10O.C2H7O3P/c1-3-5-4-2;1-4-6(3)5-2/h3-4H2,1-2H3;3H,1-2H3. The van der Waals surface area contributed by atoms with Crippen LogP contribution in [0.1, 0.15) is 13.8 Å². The first kappa shape index (κ1) is 13.8. The van der Waals surface area contributed by atoms with E-state index in [-0.39, 0.29) is 0 Å². The molecule has 4 nitrogen and oxygen atoms in total. The molecule has 0 aliphatic heterocycles. The molecular formula is C6H17O4P. The molecule has 0 saturated carbocycles. The normalized spacial score (nSPS) is 9.27. The van der Waals surface area contributed by atoms with Crippen LogP contribution in [-0.2, 0) is 13.8 Å². The Kier molecular flexibility index (Phi) is 16.2. The minimum atomic E-state index is -1.58. The van der Waals surface area contributed by atoms with E-state index >= 15 is 0 Å². The predicted molar refractivity (Wildman–Crippen MR) is 45.3 cm³/mol. The summed E-state index contributed by atoms with van der Waals surface area (Å²) in [6.07, 6.45) is 0. The van der Waals surface area contributed by atoms with Gasteiger partial charge in [-0.25, -0.2) is 0 Å². The maximum atomic E-state index is 8.29. The fourth-order valence-electron chi connectivity index (χ4n) is 0.279. The second-order valence-electron chi connectivity index (χ2n) is 1.38. The highest BCUT2D eigenvalue weighted by atomic mass is 31.2. The van der Waals surface area contributed by atoms with Crippen molar-refractivity contribution in [2.45, 2.75) is 13.8 Å². The SMILES string of the molecule is CCOCC.COP(O)OC. The lowest BCUT2D eigenvalue weighted by Gasteiger charge is -1.98. The third-order valence-corrected chi connectivity index (χ3v) is 1.35. The van der Waals surface area contributed by atoms with E-state index in [4.69, 9.17) is 9.63 Å². The van der Waals surface area contributed by atoms with Crippen molar-refractivity contribution in [3.8, 4) is 0 Å². The van der Waals surface area contributed by atoms with Gasteiger partial charge in [0.05, 0.1) is 0 Å². The van der Waals surface area contributed by atoms with Crippen molar-refractivity contribution in [3.63, 3.8) is 0 Å². The van der Waals surface area contributed by atoms with Crippen LogP contribution in [0.4, 0.5) is 0 Å². The summed E-state index contributed by atoms with van der Waals surface area (Å²) < 4.78 is 13.4. The second-order valence-corrected chi connectivity index (χ2v) is 2.59. The molecule has 0 aliphatic carbocycles. The fraction of sp³-hybridized carbons (Fsp3) is 1.00. The molecule has 0 radical (unpaired) electrons. The molecule has 0 atom stereocenters. The van der Waals surface area contributed by atoms with Crippen LogP contribution in [0.2, 0.25) is 0 Å². The first-order chi connectivity index (χ1) is 5.22. The Morgan fingerprint density at radius 2 is 1.45 bits per heavy atom. The number of rotatable bonds is 4. The highest BCUT2D eigenvalue weighted by molar-refractivity contribution is 7.40. The van der Waals surface area contributed by atoms with Gasteiger partial charge in [-0.1, -0.05) is 0 Å². The van der Waals surface area contributed by atoms with Gasteiger partial charge in [0.1, 0.15) is 0 Å². The van der Waals surface area contributed by atoms with E-state index in [1.165, 1.54) is 14.2 Å². The molecule has 5 heteroatoms. The van der Waals surface area contributed by atoms with Gasteiger partial charge < -0.3 is 18.7 Å². The van der Waals surface area contributed by atoms with Gasteiger partial charge in [-0.3, -0.25) is 0 Å². The average molecular weight is 184 g/mol. The third kappa shape index (κ3) is 17.9. The Bertz CT molecular complexity index is 56.5. The molecule has 11 heavy (non-hydrogen) atoms. The van der Waals surface area contributed by atoms with Crippen LogP contribution in [0.25, 0.3) is 0 Å². The Labute approximate surface area is 69.5 Å². The Morgan fingerprint density at radius 1 is 1.09 bits per heavy atom. The van der Waals surface area contributed by atoms with E-state index in [1.54, 1.807) is 0 Å². The number of hydrogen-bond acceptors (Lipinski definition) is 4. The molecular weight excluding hydrogens is 167 g/mol. The molecule has 1 N–H and O–H groups in total. The zero-order valence-electron chi connectivity index (χ0n) is 7.53. The van der Waals surface area contributed by atoms with Gasteiger partial charge in [-0.15, -0.1) is 0 Å². The van der Waals surface area contributed by atoms with Gasteiger partial charge in [0.25, 0.3) is 0 Å². The highest BCUT2D eigenvalue weighted by Crippen LogP contribution is 2.28.